The minimum Gasteiger partial charge on any atom is -0.386 e. The van der Waals surface area contributed by atoms with Crippen LogP contribution in [0.4, 0.5) is 13.2 Å². The van der Waals surface area contributed by atoms with Crippen LogP contribution in [0.3, 0.4) is 0 Å². The van der Waals surface area contributed by atoms with E-state index in [1.165, 1.54) is 16.9 Å². The first-order valence-corrected chi connectivity index (χ1v) is 5.31. The van der Waals surface area contributed by atoms with Crippen molar-refractivity contribution in [1.29, 1.82) is 0 Å². The third-order valence-corrected chi connectivity index (χ3v) is 2.44. The first-order valence-electron chi connectivity index (χ1n) is 5.31. The summed E-state index contributed by atoms with van der Waals surface area (Å²) in [4.78, 5) is 0. The molecule has 0 spiro atoms. The van der Waals surface area contributed by atoms with Crippen LogP contribution in [-0.2, 0) is 0 Å². The van der Waals surface area contributed by atoms with Crippen LogP contribution in [0.5, 0.6) is 0 Å². The Hall–Kier alpha value is -1.82. The third kappa shape index (κ3) is 2.89. The number of para-hydroxylation sites is 1. The highest BCUT2D eigenvalue weighted by Crippen LogP contribution is 2.29. The van der Waals surface area contributed by atoms with E-state index in [1.807, 2.05) is 0 Å². The highest BCUT2D eigenvalue weighted by molar-refractivity contribution is 5.32. The first kappa shape index (κ1) is 12.6. The quantitative estimate of drug-likeness (QED) is 0.917. The molecule has 1 aromatic carbocycles. The van der Waals surface area contributed by atoms with Crippen molar-refractivity contribution in [2.75, 3.05) is 0 Å². The van der Waals surface area contributed by atoms with Crippen LogP contribution < -0.4 is 0 Å². The Morgan fingerprint density at radius 1 is 1.17 bits per heavy atom. The monoisotopic (exact) mass is 256 g/mol. The Balaban J connectivity index is 2.28. The Labute approximate surface area is 101 Å². The second-order valence-electron chi connectivity index (χ2n) is 3.84. The smallest absolute Gasteiger partial charge is 0.386 e. The molecule has 1 aromatic heterocycles. The van der Waals surface area contributed by atoms with Gasteiger partial charge in [0.2, 0.25) is 0 Å². The van der Waals surface area contributed by atoms with Gasteiger partial charge in [0.15, 0.2) is 0 Å². The van der Waals surface area contributed by atoms with Gasteiger partial charge in [-0.15, -0.1) is 0 Å². The average Bonchev–Trinajstić information content (AvgIpc) is 2.76. The highest BCUT2D eigenvalue weighted by Gasteiger charge is 2.33. The Morgan fingerprint density at radius 3 is 2.44 bits per heavy atom. The molecule has 2 rings (SSSR count). The van der Waals surface area contributed by atoms with Crippen molar-refractivity contribution in [3.63, 3.8) is 0 Å². The molecule has 96 valence electrons. The van der Waals surface area contributed by atoms with E-state index in [1.54, 1.807) is 30.3 Å². The van der Waals surface area contributed by atoms with Crippen molar-refractivity contribution < 1.29 is 18.3 Å². The normalized spacial score (nSPS) is 13.6. The summed E-state index contributed by atoms with van der Waals surface area (Å²) in [7, 11) is 0. The number of alkyl halides is 3. The van der Waals surface area contributed by atoms with E-state index in [2.05, 4.69) is 5.10 Å². The number of aliphatic hydroxyl groups excluding tert-OH is 1. The number of benzene rings is 1. The van der Waals surface area contributed by atoms with Gasteiger partial charge in [-0.05, 0) is 18.2 Å². The van der Waals surface area contributed by atoms with Crippen molar-refractivity contribution in [1.82, 2.24) is 9.78 Å². The fourth-order valence-corrected chi connectivity index (χ4v) is 1.67. The van der Waals surface area contributed by atoms with Crippen molar-refractivity contribution in [2.24, 2.45) is 0 Å². The van der Waals surface area contributed by atoms with Gasteiger partial charge in [-0.3, -0.25) is 0 Å². The van der Waals surface area contributed by atoms with E-state index in [9.17, 15) is 18.3 Å². The summed E-state index contributed by atoms with van der Waals surface area (Å²) in [6.07, 6.45) is -5.95. The fourth-order valence-electron chi connectivity index (χ4n) is 1.67. The lowest BCUT2D eigenvalue weighted by atomic mass is 10.2. The zero-order valence-corrected chi connectivity index (χ0v) is 9.30. The summed E-state index contributed by atoms with van der Waals surface area (Å²) in [5, 5.41) is 13.5. The second kappa shape index (κ2) is 4.81. The molecule has 1 N–H and O–H groups in total. The Kier molecular flexibility index (Phi) is 3.38. The summed E-state index contributed by atoms with van der Waals surface area (Å²) in [5.74, 6) is 0. The molecule has 1 atom stereocenters. The third-order valence-electron chi connectivity index (χ3n) is 2.44. The zero-order chi connectivity index (χ0) is 13.2. The molecule has 0 aliphatic rings. The Morgan fingerprint density at radius 2 is 1.83 bits per heavy atom. The summed E-state index contributed by atoms with van der Waals surface area (Å²) in [5.41, 5.74) is 0.734. The molecule has 3 nitrogen and oxygen atoms in total. The molecule has 18 heavy (non-hydrogen) atoms. The number of rotatable bonds is 3. The maximum atomic E-state index is 12.2. The zero-order valence-electron chi connectivity index (χ0n) is 9.30. The summed E-state index contributed by atoms with van der Waals surface area (Å²) < 4.78 is 38.0. The average molecular weight is 256 g/mol. The lowest BCUT2D eigenvalue weighted by Crippen LogP contribution is -2.16. The van der Waals surface area contributed by atoms with Crippen LogP contribution in [-0.4, -0.2) is 21.1 Å². The molecular formula is C12H11F3N2O. The topological polar surface area (TPSA) is 38.1 Å². The van der Waals surface area contributed by atoms with Crippen LogP contribution in [0.25, 0.3) is 5.69 Å². The van der Waals surface area contributed by atoms with Crippen molar-refractivity contribution in [2.45, 2.75) is 18.7 Å². The molecule has 1 unspecified atom stereocenters. The van der Waals surface area contributed by atoms with Crippen LogP contribution in [0.15, 0.2) is 42.6 Å². The molecule has 1 heterocycles. The molecule has 0 fully saturated rings. The summed E-state index contributed by atoms with van der Waals surface area (Å²) >= 11 is 0. The number of aromatic nitrogens is 2. The molecule has 0 saturated heterocycles. The second-order valence-corrected chi connectivity index (χ2v) is 3.84. The number of hydrogen-bond donors (Lipinski definition) is 1. The molecule has 0 aliphatic heterocycles. The van der Waals surface area contributed by atoms with E-state index in [0.717, 1.165) is 0 Å². The number of nitrogens with zero attached hydrogens (tertiary/aromatic N) is 2. The van der Waals surface area contributed by atoms with E-state index >= 15 is 0 Å². The van der Waals surface area contributed by atoms with Gasteiger partial charge >= 0.3 is 6.18 Å². The van der Waals surface area contributed by atoms with E-state index in [0.29, 0.717) is 5.69 Å². The van der Waals surface area contributed by atoms with Gasteiger partial charge in [0.25, 0.3) is 0 Å². The molecule has 0 saturated carbocycles. The van der Waals surface area contributed by atoms with Crippen LogP contribution in [0.1, 0.15) is 18.2 Å². The van der Waals surface area contributed by atoms with Crippen LogP contribution in [0.2, 0.25) is 0 Å². The molecule has 6 heteroatoms. The maximum Gasteiger partial charge on any atom is 0.391 e. The molecule has 2 aromatic rings. The number of aliphatic hydroxyl groups is 1. The predicted octanol–water partition coefficient (Wildman–Crippen LogP) is 2.86. The van der Waals surface area contributed by atoms with Gasteiger partial charge in [-0.25, -0.2) is 4.68 Å². The molecule has 0 amide bonds. The van der Waals surface area contributed by atoms with Gasteiger partial charge in [0, 0.05) is 6.20 Å². The first-order chi connectivity index (χ1) is 8.47. The van der Waals surface area contributed by atoms with Crippen LogP contribution in [0, 0.1) is 0 Å². The van der Waals surface area contributed by atoms with Crippen molar-refractivity contribution in [3.05, 3.63) is 48.3 Å². The van der Waals surface area contributed by atoms with E-state index < -0.39 is 18.7 Å². The van der Waals surface area contributed by atoms with E-state index in [4.69, 9.17) is 0 Å². The lowest BCUT2D eigenvalue weighted by Gasteiger charge is -2.15. The van der Waals surface area contributed by atoms with E-state index in [-0.39, 0.29) is 5.69 Å². The highest BCUT2D eigenvalue weighted by atomic mass is 19.4. The number of halogens is 3. The molecule has 0 radical (unpaired) electrons. The number of hydrogen-bond acceptors (Lipinski definition) is 2. The fraction of sp³-hybridized carbons (Fsp3) is 0.250. The minimum atomic E-state index is -4.41. The molecular weight excluding hydrogens is 245 g/mol. The Bertz CT molecular complexity index is 508. The molecule has 0 bridgehead atoms. The predicted molar refractivity (Wildman–Crippen MR) is 59.2 cm³/mol. The maximum absolute atomic E-state index is 12.2. The largest absolute Gasteiger partial charge is 0.391 e. The summed E-state index contributed by atoms with van der Waals surface area (Å²) in [6, 6.07) is 10.1. The minimum absolute atomic E-state index is 0.124. The van der Waals surface area contributed by atoms with Crippen molar-refractivity contribution in [3.8, 4) is 5.69 Å². The van der Waals surface area contributed by atoms with Gasteiger partial charge < -0.3 is 5.11 Å². The van der Waals surface area contributed by atoms with Crippen molar-refractivity contribution >= 4 is 0 Å². The van der Waals surface area contributed by atoms with Gasteiger partial charge in [-0.1, -0.05) is 18.2 Å². The molecule has 0 aliphatic carbocycles. The van der Waals surface area contributed by atoms with Gasteiger partial charge in [0.1, 0.15) is 6.10 Å². The standard InChI is InChI=1S/C12H11F3N2O/c13-12(14,15)8-11(18)10-6-7-16-17(10)9-4-2-1-3-5-9/h1-7,11,18H,8H2. The lowest BCUT2D eigenvalue weighted by molar-refractivity contribution is -0.154. The van der Waals surface area contributed by atoms with Gasteiger partial charge in [0.05, 0.1) is 17.8 Å². The van der Waals surface area contributed by atoms with Crippen LogP contribution >= 0.6 is 0 Å². The van der Waals surface area contributed by atoms with Gasteiger partial charge in [-0.2, -0.15) is 18.3 Å². The summed E-state index contributed by atoms with van der Waals surface area (Å²) in [6.45, 7) is 0. The SMILES string of the molecule is OC(CC(F)(F)F)c1ccnn1-c1ccccc1.